The Kier molecular flexibility index (Phi) is 4.98. The number of aryl methyl sites for hydroxylation is 1. The summed E-state index contributed by atoms with van der Waals surface area (Å²) in [6.07, 6.45) is 1.00. The van der Waals surface area contributed by atoms with Gasteiger partial charge in [0.1, 0.15) is 4.83 Å². The number of carbonyl (C=O) groups is 1. The summed E-state index contributed by atoms with van der Waals surface area (Å²) in [4.78, 5) is 16.7. The fourth-order valence-electron chi connectivity index (χ4n) is 3.29. The topological polar surface area (TPSA) is 50.2 Å². The van der Waals surface area contributed by atoms with Crippen LogP contribution in [0.4, 0.5) is 0 Å². The van der Waals surface area contributed by atoms with Crippen LogP contribution in [0.15, 0.2) is 30.3 Å². The second-order valence-electron chi connectivity index (χ2n) is 6.59. The van der Waals surface area contributed by atoms with Crippen LogP contribution in [0.2, 0.25) is 5.02 Å². The molecule has 1 fully saturated rings. The molecule has 1 aliphatic heterocycles. The molecule has 26 heavy (non-hydrogen) atoms. The van der Waals surface area contributed by atoms with Gasteiger partial charge in [0.2, 0.25) is 0 Å². The third kappa shape index (κ3) is 3.49. The van der Waals surface area contributed by atoms with Crippen LogP contribution in [0.3, 0.4) is 0 Å². The van der Waals surface area contributed by atoms with Gasteiger partial charge in [0.25, 0.3) is 5.91 Å². The highest BCUT2D eigenvalue weighted by molar-refractivity contribution is 7.20. The van der Waals surface area contributed by atoms with Gasteiger partial charge >= 0.3 is 0 Å². The van der Waals surface area contributed by atoms with E-state index in [2.05, 4.69) is 10.4 Å². The standard InChI is InChI=1S/C19H21ClN4OS/c1-13-16-11-17(18(25)23-9-2-7-21-8-10-23)26-19(16)24(22-13)12-14-3-5-15(20)6-4-14/h3-6,11,21H,2,7-10,12H2,1H3. The molecule has 0 bridgehead atoms. The van der Waals surface area contributed by atoms with E-state index in [1.807, 2.05) is 46.8 Å². The third-order valence-corrected chi connectivity index (χ3v) is 6.08. The van der Waals surface area contributed by atoms with Crippen molar-refractivity contribution in [3.05, 3.63) is 51.5 Å². The Balaban J connectivity index is 1.62. The third-order valence-electron chi connectivity index (χ3n) is 4.69. The first-order chi connectivity index (χ1) is 12.6. The molecule has 1 aromatic carbocycles. The molecule has 3 aromatic rings. The molecule has 136 valence electrons. The molecule has 1 N–H and O–H groups in total. The molecule has 1 aliphatic rings. The number of thiophene rings is 1. The molecule has 0 radical (unpaired) electrons. The second kappa shape index (κ2) is 7.39. The fourth-order valence-corrected chi connectivity index (χ4v) is 4.55. The van der Waals surface area contributed by atoms with Gasteiger partial charge in [-0.1, -0.05) is 23.7 Å². The van der Waals surface area contributed by atoms with Crippen molar-refractivity contribution >= 4 is 39.1 Å². The predicted molar refractivity (Wildman–Crippen MR) is 106 cm³/mol. The number of rotatable bonds is 3. The Hall–Kier alpha value is -1.89. The number of aromatic nitrogens is 2. The summed E-state index contributed by atoms with van der Waals surface area (Å²) in [5.41, 5.74) is 2.10. The van der Waals surface area contributed by atoms with Crippen molar-refractivity contribution in [3.8, 4) is 0 Å². The van der Waals surface area contributed by atoms with E-state index in [0.29, 0.717) is 6.54 Å². The number of nitrogens with one attached hydrogen (secondary N) is 1. The van der Waals surface area contributed by atoms with Crippen molar-refractivity contribution in [2.75, 3.05) is 26.2 Å². The van der Waals surface area contributed by atoms with Crippen LogP contribution in [0.5, 0.6) is 0 Å². The number of nitrogens with zero attached hydrogens (tertiary/aromatic N) is 3. The van der Waals surface area contributed by atoms with Crippen LogP contribution in [0, 0.1) is 6.92 Å². The summed E-state index contributed by atoms with van der Waals surface area (Å²) in [6, 6.07) is 9.80. The van der Waals surface area contributed by atoms with Gasteiger partial charge in [0.05, 0.1) is 17.1 Å². The van der Waals surface area contributed by atoms with Gasteiger partial charge in [-0.15, -0.1) is 11.3 Å². The maximum atomic E-state index is 12.9. The Labute approximate surface area is 161 Å². The number of hydrogen-bond acceptors (Lipinski definition) is 4. The van der Waals surface area contributed by atoms with Crippen LogP contribution >= 0.6 is 22.9 Å². The van der Waals surface area contributed by atoms with Crippen LogP contribution in [0.1, 0.15) is 27.3 Å². The zero-order valence-electron chi connectivity index (χ0n) is 14.7. The largest absolute Gasteiger partial charge is 0.337 e. The lowest BCUT2D eigenvalue weighted by Crippen LogP contribution is -2.33. The van der Waals surface area contributed by atoms with Gasteiger partial charge in [-0.25, -0.2) is 0 Å². The van der Waals surface area contributed by atoms with Crippen molar-refractivity contribution in [3.63, 3.8) is 0 Å². The van der Waals surface area contributed by atoms with Crippen molar-refractivity contribution < 1.29 is 4.79 Å². The number of fused-ring (bicyclic) bond motifs is 1. The van der Waals surface area contributed by atoms with E-state index in [-0.39, 0.29) is 5.91 Å². The predicted octanol–water partition coefficient (Wildman–Crippen LogP) is 3.54. The lowest BCUT2D eigenvalue weighted by atomic mass is 10.2. The van der Waals surface area contributed by atoms with E-state index in [1.54, 1.807) is 0 Å². The molecule has 0 saturated carbocycles. The lowest BCUT2D eigenvalue weighted by Gasteiger charge is -2.18. The molecule has 0 atom stereocenters. The summed E-state index contributed by atoms with van der Waals surface area (Å²) in [6.45, 7) is 6.09. The van der Waals surface area contributed by atoms with Gasteiger partial charge in [-0.05, 0) is 43.7 Å². The van der Waals surface area contributed by atoms with E-state index >= 15 is 0 Å². The Morgan fingerprint density at radius 2 is 2.08 bits per heavy atom. The van der Waals surface area contributed by atoms with Crippen molar-refractivity contribution in [2.45, 2.75) is 19.9 Å². The molecule has 0 spiro atoms. The van der Waals surface area contributed by atoms with E-state index in [4.69, 9.17) is 11.6 Å². The first-order valence-corrected chi connectivity index (χ1v) is 10.0. The number of carbonyl (C=O) groups excluding carboxylic acids is 1. The minimum Gasteiger partial charge on any atom is -0.337 e. The molecule has 1 amide bonds. The highest BCUT2D eigenvalue weighted by atomic mass is 35.5. The first kappa shape index (κ1) is 17.5. The van der Waals surface area contributed by atoms with E-state index < -0.39 is 0 Å². The lowest BCUT2D eigenvalue weighted by molar-refractivity contribution is 0.0771. The molecule has 0 unspecified atom stereocenters. The number of amides is 1. The molecular formula is C19H21ClN4OS. The maximum absolute atomic E-state index is 12.9. The average molecular weight is 389 g/mol. The maximum Gasteiger partial charge on any atom is 0.264 e. The van der Waals surface area contributed by atoms with Gasteiger partial charge in [-0.3, -0.25) is 9.48 Å². The number of halogens is 1. The van der Waals surface area contributed by atoms with Gasteiger partial charge in [-0.2, -0.15) is 5.10 Å². The van der Waals surface area contributed by atoms with Crippen LogP contribution in [-0.2, 0) is 6.54 Å². The molecule has 3 heterocycles. The van der Waals surface area contributed by atoms with Gasteiger partial charge in [0.15, 0.2) is 0 Å². The first-order valence-electron chi connectivity index (χ1n) is 8.83. The van der Waals surface area contributed by atoms with E-state index in [9.17, 15) is 4.79 Å². The van der Waals surface area contributed by atoms with Gasteiger partial charge in [0, 0.05) is 30.0 Å². The Morgan fingerprint density at radius 3 is 2.88 bits per heavy atom. The molecule has 7 heteroatoms. The smallest absolute Gasteiger partial charge is 0.264 e. The number of hydrogen-bond donors (Lipinski definition) is 1. The zero-order chi connectivity index (χ0) is 18.1. The van der Waals surface area contributed by atoms with Crippen LogP contribution in [-0.4, -0.2) is 46.8 Å². The summed E-state index contributed by atoms with van der Waals surface area (Å²) >= 11 is 7.51. The highest BCUT2D eigenvalue weighted by Gasteiger charge is 2.21. The van der Waals surface area contributed by atoms with Crippen molar-refractivity contribution in [1.82, 2.24) is 20.0 Å². The Bertz CT molecular complexity index is 923. The van der Waals surface area contributed by atoms with Crippen molar-refractivity contribution in [2.24, 2.45) is 0 Å². The average Bonchev–Trinajstić information content (AvgIpc) is 3.06. The summed E-state index contributed by atoms with van der Waals surface area (Å²) in [7, 11) is 0. The molecule has 0 aliphatic carbocycles. The summed E-state index contributed by atoms with van der Waals surface area (Å²) in [5, 5.41) is 9.79. The number of benzene rings is 1. The molecule has 4 rings (SSSR count). The van der Waals surface area contributed by atoms with Crippen molar-refractivity contribution in [1.29, 1.82) is 0 Å². The molecule has 5 nitrogen and oxygen atoms in total. The normalized spacial score (nSPS) is 15.4. The van der Waals surface area contributed by atoms with Crippen LogP contribution < -0.4 is 5.32 Å². The summed E-state index contributed by atoms with van der Waals surface area (Å²) < 4.78 is 1.99. The summed E-state index contributed by atoms with van der Waals surface area (Å²) in [5.74, 6) is 0.132. The Morgan fingerprint density at radius 1 is 1.27 bits per heavy atom. The van der Waals surface area contributed by atoms with Gasteiger partial charge < -0.3 is 10.2 Å². The molecule has 2 aromatic heterocycles. The molecular weight excluding hydrogens is 368 g/mol. The van der Waals surface area contributed by atoms with E-state index in [0.717, 1.165) is 64.0 Å². The molecule has 1 saturated heterocycles. The van der Waals surface area contributed by atoms with Crippen LogP contribution in [0.25, 0.3) is 10.2 Å². The minimum atomic E-state index is 0.132. The SMILES string of the molecule is Cc1nn(Cc2ccc(Cl)cc2)c2sc(C(=O)N3CCCNCC3)cc12. The zero-order valence-corrected chi connectivity index (χ0v) is 16.2. The monoisotopic (exact) mass is 388 g/mol. The van der Waals surface area contributed by atoms with E-state index in [1.165, 1.54) is 11.3 Å². The fraction of sp³-hybridized carbons (Fsp3) is 0.368. The minimum absolute atomic E-state index is 0.132. The highest BCUT2D eigenvalue weighted by Crippen LogP contribution is 2.30. The second-order valence-corrected chi connectivity index (χ2v) is 8.06. The quantitative estimate of drug-likeness (QED) is 0.746.